The van der Waals surface area contributed by atoms with Gasteiger partial charge in [-0.05, 0) is 28.8 Å². The lowest BCUT2D eigenvalue weighted by atomic mass is 10.0. The number of esters is 2. The van der Waals surface area contributed by atoms with E-state index in [1.54, 1.807) is 0 Å². The van der Waals surface area contributed by atoms with Gasteiger partial charge in [0.1, 0.15) is 29.4 Å². The van der Waals surface area contributed by atoms with Crippen LogP contribution in [0.25, 0.3) is 0 Å². The van der Waals surface area contributed by atoms with E-state index in [-0.39, 0.29) is 39.6 Å². The summed E-state index contributed by atoms with van der Waals surface area (Å²) in [7, 11) is 0. The van der Waals surface area contributed by atoms with Crippen LogP contribution in [-0.2, 0) is 44.9 Å². The number of benzene rings is 3. The Morgan fingerprint density at radius 1 is 1.06 bits per heavy atom. The number of aromatic nitrogens is 1. The minimum atomic E-state index is -1.14. The van der Waals surface area contributed by atoms with Gasteiger partial charge in [0.2, 0.25) is 13.0 Å². The normalized spacial score (nSPS) is 16.5. The molecule has 4 aromatic rings. The highest BCUT2D eigenvalue weighted by atomic mass is 35.5. The topological polar surface area (TPSA) is 209 Å². The van der Waals surface area contributed by atoms with Crippen LogP contribution in [0.5, 0.6) is 0 Å². The number of nitro groups is 1. The van der Waals surface area contributed by atoms with Crippen molar-refractivity contribution in [3.05, 3.63) is 134 Å². The van der Waals surface area contributed by atoms with Crippen molar-refractivity contribution in [2.24, 2.45) is 5.16 Å². The van der Waals surface area contributed by atoms with Gasteiger partial charge < -0.3 is 24.9 Å². The van der Waals surface area contributed by atoms with E-state index in [2.05, 4.69) is 20.8 Å². The van der Waals surface area contributed by atoms with Gasteiger partial charge in [-0.15, -0.1) is 23.1 Å². The summed E-state index contributed by atoms with van der Waals surface area (Å²) in [5.41, 5.74) is 1.14. The number of halogens is 1. The minimum absolute atomic E-state index is 0.0277. The fourth-order valence-corrected chi connectivity index (χ4v) is 7.52. The van der Waals surface area contributed by atoms with Gasteiger partial charge in [-0.3, -0.25) is 29.4 Å². The number of nitrogens with one attached hydrogen (secondary N) is 2. The molecule has 1 unspecified atom stereocenters. The second kappa shape index (κ2) is 17.1. The van der Waals surface area contributed by atoms with Gasteiger partial charge >= 0.3 is 11.9 Å². The van der Waals surface area contributed by atoms with E-state index in [4.69, 9.17) is 25.9 Å². The molecule has 16 nitrogen and oxygen atoms in total. The number of carbonyl (C=O) groups is 5. The Kier molecular flexibility index (Phi) is 12.0. The van der Waals surface area contributed by atoms with Gasteiger partial charge in [0, 0.05) is 23.3 Å². The number of ether oxygens (including phenoxy) is 2. The number of thioether (sulfide) groups is 1. The molecule has 2 aliphatic rings. The molecule has 19 heteroatoms. The summed E-state index contributed by atoms with van der Waals surface area (Å²) < 4.78 is 11.1. The molecule has 2 N–H and O–H groups in total. The summed E-state index contributed by atoms with van der Waals surface area (Å²) in [5.74, 6) is -3.14. The lowest BCUT2D eigenvalue weighted by molar-refractivity contribution is -0.384. The number of nitro benzene ring substituents is 1. The summed E-state index contributed by atoms with van der Waals surface area (Å²) >= 11 is 8.54. The number of fused-ring (bicyclic) bond motifs is 1. The van der Waals surface area contributed by atoms with Crippen LogP contribution in [0, 0.1) is 10.1 Å². The monoisotopic (exact) mass is 790 g/mol. The van der Waals surface area contributed by atoms with Crippen molar-refractivity contribution in [1.29, 1.82) is 0 Å². The standard InChI is InChI=1S/C35H27ClN6O10S2/c36-24-17-53-33-28(32(46)41(33)29(24)34(47)50-15-20-11-13-23(14-12-20)42(48)49)39-31(45)27(25-18-54-35(38-25)37-19-43)40-51-16-26(44)52-30(21-7-3-1-4-8-21)22-9-5-2-6-10-22/h1-14,18-19,28,30,33H,15-17H2,(H,39,45)(H,37,38,43)/t28?,33-/m0/s1. The van der Waals surface area contributed by atoms with Crippen molar-refractivity contribution in [3.8, 4) is 0 Å². The first-order valence-electron chi connectivity index (χ1n) is 15.8. The zero-order chi connectivity index (χ0) is 38.2. The quantitative estimate of drug-likeness (QED) is 0.0432. The summed E-state index contributed by atoms with van der Waals surface area (Å²) in [5, 5.41) is 20.6. The van der Waals surface area contributed by atoms with Crippen molar-refractivity contribution in [1.82, 2.24) is 15.2 Å². The van der Waals surface area contributed by atoms with E-state index in [0.29, 0.717) is 12.0 Å². The molecule has 0 spiro atoms. The summed E-state index contributed by atoms with van der Waals surface area (Å²) in [4.78, 5) is 85.1. The maximum Gasteiger partial charge on any atom is 0.356 e. The molecule has 1 saturated heterocycles. The highest BCUT2D eigenvalue weighted by Crippen LogP contribution is 2.42. The number of anilines is 1. The molecule has 0 saturated carbocycles. The Hall–Kier alpha value is -6.11. The van der Waals surface area contributed by atoms with E-state index in [1.165, 1.54) is 41.4 Å². The van der Waals surface area contributed by atoms with Crippen molar-refractivity contribution < 1.29 is 43.2 Å². The van der Waals surface area contributed by atoms with Crippen molar-refractivity contribution in [3.63, 3.8) is 0 Å². The molecule has 3 aromatic carbocycles. The molecule has 276 valence electrons. The number of hydrogen-bond acceptors (Lipinski definition) is 14. The molecular formula is C35H27ClN6O10S2. The zero-order valence-corrected chi connectivity index (χ0v) is 30.0. The smallest absolute Gasteiger partial charge is 0.356 e. The number of non-ortho nitro benzene ring substituents is 1. The molecule has 1 aromatic heterocycles. The first-order chi connectivity index (χ1) is 26.1. The van der Waals surface area contributed by atoms with Gasteiger partial charge in [0.05, 0.1) is 9.96 Å². The zero-order valence-electron chi connectivity index (χ0n) is 27.7. The third-order valence-electron chi connectivity index (χ3n) is 7.86. The molecule has 3 heterocycles. The third kappa shape index (κ3) is 8.57. The van der Waals surface area contributed by atoms with Crippen LogP contribution < -0.4 is 10.6 Å². The molecule has 0 bridgehead atoms. The van der Waals surface area contributed by atoms with Gasteiger partial charge in [0.15, 0.2) is 16.9 Å². The minimum Gasteiger partial charge on any atom is -0.456 e. The molecule has 1 fully saturated rings. The summed E-state index contributed by atoms with van der Waals surface area (Å²) in [6.07, 6.45) is -0.352. The number of thiazole rings is 1. The summed E-state index contributed by atoms with van der Waals surface area (Å²) in [6, 6.07) is 22.4. The van der Waals surface area contributed by atoms with Crippen molar-refractivity contribution in [2.45, 2.75) is 24.1 Å². The Labute approximate surface area is 319 Å². The summed E-state index contributed by atoms with van der Waals surface area (Å²) in [6.45, 7) is -0.939. The van der Waals surface area contributed by atoms with Crippen LogP contribution in [-0.4, -0.2) is 74.5 Å². The van der Waals surface area contributed by atoms with Gasteiger partial charge in [-0.25, -0.2) is 14.6 Å². The average molecular weight is 791 g/mol. The second-order valence-corrected chi connectivity index (χ2v) is 13.7. The maximum absolute atomic E-state index is 13.6. The molecule has 54 heavy (non-hydrogen) atoms. The van der Waals surface area contributed by atoms with E-state index in [9.17, 15) is 34.1 Å². The van der Waals surface area contributed by atoms with E-state index in [1.807, 2.05) is 60.7 Å². The van der Waals surface area contributed by atoms with Crippen LogP contribution in [0.4, 0.5) is 10.8 Å². The van der Waals surface area contributed by atoms with Crippen LogP contribution >= 0.6 is 34.7 Å². The highest BCUT2D eigenvalue weighted by Gasteiger charge is 2.54. The molecule has 0 aliphatic carbocycles. The second-order valence-electron chi connectivity index (χ2n) is 11.3. The molecule has 6 rings (SSSR count). The number of amides is 3. The van der Waals surface area contributed by atoms with E-state index in [0.717, 1.165) is 27.4 Å². The van der Waals surface area contributed by atoms with Crippen molar-refractivity contribution >= 4 is 81.4 Å². The molecule has 2 aliphatic heterocycles. The Bertz CT molecular complexity index is 2090. The molecule has 0 radical (unpaired) electrons. The van der Waals surface area contributed by atoms with E-state index < -0.39 is 58.5 Å². The van der Waals surface area contributed by atoms with Gasteiger partial charge in [-0.1, -0.05) is 77.4 Å². The predicted molar refractivity (Wildman–Crippen MR) is 196 cm³/mol. The third-order valence-corrected chi connectivity index (χ3v) is 10.4. The van der Waals surface area contributed by atoms with Crippen LogP contribution in [0.1, 0.15) is 28.5 Å². The lowest BCUT2D eigenvalue weighted by Gasteiger charge is -2.49. The largest absolute Gasteiger partial charge is 0.456 e. The van der Waals surface area contributed by atoms with Crippen LogP contribution in [0.2, 0.25) is 0 Å². The van der Waals surface area contributed by atoms with Crippen LogP contribution in [0.3, 0.4) is 0 Å². The maximum atomic E-state index is 13.6. The highest BCUT2D eigenvalue weighted by molar-refractivity contribution is 8.00. The molecular weight excluding hydrogens is 764 g/mol. The van der Waals surface area contributed by atoms with Gasteiger partial charge in [-0.2, -0.15) is 0 Å². The first kappa shape index (κ1) is 37.6. The molecule has 3 amide bonds. The fraction of sp³-hybridized carbons (Fsp3) is 0.171. The number of hydrogen-bond donors (Lipinski definition) is 2. The first-order valence-corrected chi connectivity index (χ1v) is 18.1. The van der Waals surface area contributed by atoms with Crippen LogP contribution in [0.15, 0.2) is 106 Å². The lowest BCUT2D eigenvalue weighted by Crippen LogP contribution is -2.71. The number of β-lactam (4-membered cyclic amide) rings is 1. The SMILES string of the molecule is O=CNc1nc(C(=NOCC(=O)OC(c2ccccc2)c2ccccc2)C(=O)NC2C(=O)N3C(C(=O)OCc4ccc([N+](=O)[O-])cc4)=C(Cl)CS[C@@H]23)cs1. The number of carbonyl (C=O) groups excluding carboxylic acids is 5. The molecule has 2 atom stereocenters. The van der Waals surface area contributed by atoms with Gasteiger partial charge in [0.25, 0.3) is 17.5 Å². The Balaban J connectivity index is 1.13. The predicted octanol–water partition coefficient (Wildman–Crippen LogP) is 4.27. The van der Waals surface area contributed by atoms with Crippen molar-refractivity contribution in [2.75, 3.05) is 17.7 Å². The van der Waals surface area contributed by atoms with E-state index >= 15 is 0 Å². The Morgan fingerprint density at radius 3 is 2.35 bits per heavy atom. The number of nitrogens with zero attached hydrogens (tertiary/aromatic N) is 4. The fourth-order valence-electron chi connectivity index (χ4n) is 5.32. The number of rotatable bonds is 15. The Morgan fingerprint density at radius 2 is 1.72 bits per heavy atom. The average Bonchev–Trinajstić information content (AvgIpc) is 3.65. The number of oxime groups is 1.